The molecular weight excluding hydrogens is 264 g/mol. The number of fused-ring (bicyclic) bond motifs is 2. The number of anilines is 1. The van der Waals surface area contributed by atoms with Gasteiger partial charge in [-0.3, -0.25) is 14.6 Å². The van der Waals surface area contributed by atoms with E-state index in [9.17, 15) is 9.59 Å². The summed E-state index contributed by atoms with van der Waals surface area (Å²) in [6.07, 6.45) is 1.22. The number of pyridine rings is 1. The van der Waals surface area contributed by atoms with E-state index < -0.39 is 0 Å². The van der Waals surface area contributed by atoms with Crippen molar-refractivity contribution in [3.8, 4) is 0 Å². The molecule has 0 bridgehead atoms. The Morgan fingerprint density at radius 3 is 2.67 bits per heavy atom. The molecule has 1 aromatic carbocycles. The molecule has 2 aromatic rings. The predicted molar refractivity (Wildman–Crippen MR) is 82.5 cm³/mol. The summed E-state index contributed by atoms with van der Waals surface area (Å²) in [4.78, 5) is 28.7. The third-order valence-corrected chi connectivity index (χ3v) is 3.83. The summed E-state index contributed by atoms with van der Waals surface area (Å²) in [7, 11) is 0. The molecule has 0 saturated carbocycles. The van der Waals surface area contributed by atoms with Crippen LogP contribution in [0.3, 0.4) is 0 Å². The second-order valence-electron chi connectivity index (χ2n) is 6.45. The van der Waals surface area contributed by atoms with Crippen LogP contribution in [0.25, 0.3) is 10.9 Å². The van der Waals surface area contributed by atoms with E-state index in [1.165, 1.54) is 6.92 Å². The summed E-state index contributed by atoms with van der Waals surface area (Å²) < 4.78 is 0. The standard InChI is InChI=1S/C17H18N2O2/c1-10(20)18-16-11-6-4-5-7-12(11)19-13-8-17(2,3)9-14(21)15(13)16/h4-7H,8-9H2,1-3H3,(H,18,19,20). The number of hydrogen-bond donors (Lipinski definition) is 1. The van der Waals surface area contributed by atoms with Gasteiger partial charge >= 0.3 is 0 Å². The highest BCUT2D eigenvalue weighted by atomic mass is 16.1. The summed E-state index contributed by atoms with van der Waals surface area (Å²) >= 11 is 0. The molecule has 1 aliphatic carbocycles. The van der Waals surface area contributed by atoms with Crippen molar-refractivity contribution >= 4 is 28.3 Å². The van der Waals surface area contributed by atoms with Gasteiger partial charge in [0.25, 0.3) is 0 Å². The molecule has 21 heavy (non-hydrogen) atoms. The van der Waals surface area contributed by atoms with Crippen molar-refractivity contribution in [2.75, 3.05) is 5.32 Å². The molecule has 0 radical (unpaired) electrons. The van der Waals surface area contributed by atoms with Crippen LogP contribution in [0.2, 0.25) is 0 Å². The summed E-state index contributed by atoms with van der Waals surface area (Å²) in [5.74, 6) is -0.116. The van der Waals surface area contributed by atoms with Gasteiger partial charge in [-0.2, -0.15) is 0 Å². The van der Waals surface area contributed by atoms with Crippen LogP contribution in [0, 0.1) is 5.41 Å². The molecule has 0 saturated heterocycles. The van der Waals surface area contributed by atoms with Crippen LogP contribution in [0.1, 0.15) is 43.2 Å². The third kappa shape index (κ3) is 2.42. The van der Waals surface area contributed by atoms with E-state index in [1.54, 1.807) is 0 Å². The van der Waals surface area contributed by atoms with Crippen LogP contribution < -0.4 is 5.32 Å². The van der Waals surface area contributed by atoms with Crippen molar-refractivity contribution in [3.05, 3.63) is 35.5 Å². The molecule has 108 valence electrons. The molecule has 4 nitrogen and oxygen atoms in total. The number of para-hydroxylation sites is 1. The van der Waals surface area contributed by atoms with Crippen LogP contribution >= 0.6 is 0 Å². The number of ketones is 1. The molecular formula is C17H18N2O2. The Hall–Kier alpha value is -2.23. The maximum absolute atomic E-state index is 12.6. The molecule has 3 rings (SSSR count). The number of carbonyl (C=O) groups excluding carboxylic acids is 2. The lowest BCUT2D eigenvalue weighted by atomic mass is 9.75. The van der Waals surface area contributed by atoms with Crippen LogP contribution in [0.5, 0.6) is 0 Å². The number of benzene rings is 1. The maximum Gasteiger partial charge on any atom is 0.221 e. The van der Waals surface area contributed by atoms with E-state index >= 15 is 0 Å². The molecule has 0 fully saturated rings. The Morgan fingerprint density at radius 2 is 1.95 bits per heavy atom. The van der Waals surface area contributed by atoms with E-state index in [0.29, 0.717) is 17.7 Å². The van der Waals surface area contributed by atoms with E-state index in [4.69, 9.17) is 0 Å². The molecule has 4 heteroatoms. The van der Waals surface area contributed by atoms with Gasteiger partial charge < -0.3 is 5.32 Å². The molecule has 1 aromatic heterocycles. The molecule has 0 unspecified atom stereocenters. The first-order valence-corrected chi connectivity index (χ1v) is 7.10. The van der Waals surface area contributed by atoms with Gasteiger partial charge in [-0.05, 0) is 17.9 Å². The highest BCUT2D eigenvalue weighted by Gasteiger charge is 2.34. The normalized spacial score (nSPS) is 16.6. The van der Waals surface area contributed by atoms with Crippen LogP contribution in [0.4, 0.5) is 5.69 Å². The third-order valence-electron chi connectivity index (χ3n) is 3.83. The van der Waals surface area contributed by atoms with Crippen molar-refractivity contribution in [1.82, 2.24) is 4.98 Å². The fraction of sp³-hybridized carbons (Fsp3) is 0.353. The Labute approximate surface area is 123 Å². The van der Waals surface area contributed by atoms with Gasteiger partial charge in [-0.1, -0.05) is 32.0 Å². The average Bonchev–Trinajstić information content (AvgIpc) is 2.35. The van der Waals surface area contributed by atoms with E-state index in [1.807, 2.05) is 24.3 Å². The van der Waals surface area contributed by atoms with Crippen molar-refractivity contribution < 1.29 is 9.59 Å². The lowest BCUT2D eigenvalue weighted by Crippen LogP contribution is -2.29. The molecule has 1 N–H and O–H groups in total. The number of amides is 1. The lowest BCUT2D eigenvalue weighted by molar-refractivity contribution is -0.114. The second kappa shape index (κ2) is 4.65. The average molecular weight is 282 g/mol. The molecule has 0 atom stereocenters. The molecule has 0 spiro atoms. The number of rotatable bonds is 1. The lowest BCUT2D eigenvalue weighted by Gasteiger charge is -2.31. The molecule has 1 amide bonds. The SMILES string of the molecule is CC(=O)Nc1c2c(nc3ccccc13)CC(C)(C)CC2=O. The van der Waals surface area contributed by atoms with Crippen LogP contribution in [-0.4, -0.2) is 16.7 Å². The van der Waals surface area contributed by atoms with Gasteiger partial charge in [-0.15, -0.1) is 0 Å². The highest BCUT2D eigenvalue weighted by Crippen LogP contribution is 2.39. The monoisotopic (exact) mass is 282 g/mol. The van der Waals surface area contributed by atoms with Gasteiger partial charge in [0.05, 0.1) is 22.5 Å². The largest absolute Gasteiger partial charge is 0.325 e. The Morgan fingerprint density at radius 1 is 1.24 bits per heavy atom. The smallest absolute Gasteiger partial charge is 0.221 e. The Kier molecular flexibility index (Phi) is 3.04. The maximum atomic E-state index is 12.6. The van der Waals surface area contributed by atoms with E-state index in [-0.39, 0.29) is 17.1 Å². The second-order valence-corrected chi connectivity index (χ2v) is 6.45. The van der Waals surface area contributed by atoms with Crippen molar-refractivity contribution in [1.29, 1.82) is 0 Å². The van der Waals surface area contributed by atoms with Crippen LogP contribution in [0.15, 0.2) is 24.3 Å². The highest BCUT2D eigenvalue weighted by molar-refractivity contribution is 6.13. The Bertz CT molecular complexity index is 763. The number of aromatic nitrogens is 1. The van der Waals surface area contributed by atoms with Gasteiger partial charge in [-0.25, -0.2) is 0 Å². The first kappa shape index (κ1) is 13.7. The minimum Gasteiger partial charge on any atom is -0.325 e. The predicted octanol–water partition coefficient (Wildman–Crippen LogP) is 3.35. The van der Waals surface area contributed by atoms with E-state index in [0.717, 1.165) is 23.0 Å². The van der Waals surface area contributed by atoms with Gasteiger partial charge in [0.2, 0.25) is 5.91 Å². The zero-order valence-corrected chi connectivity index (χ0v) is 12.5. The summed E-state index contributed by atoms with van der Waals surface area (Å²) in [5, 5.41) is 3.65. The Balaban J connectivity index is 2.32. The summed E-state index contributed by atoms with van der Waals surface area (Å²) in [6, 6.07) is 7.60. The van der Waals surface area contributed by atoms with Gasteiger partial charge in [0, 0.05) is 18.7 Å². The minimum atomic E-state index is -0.175. The number of Topliss-reactive ketones (excluding diaryl/α,β-unsaturated/α-hetero) is 1. The van der Waals surface area contributed by atoms with E-state index in [2.05, 4.69) is 24.1 Å². The first-order valence-electron chi connectivity index (χ1n) is 7.10. The minimum absolute atomic E-state index is 0.0586. The van der Waals surface area contributed by atoms with Crippen LogP contribution in [-0.2, 0) is 11.2 Å². The molecule has 1 heterocycles. The quantitative estimate of drug-likeness (QED) is 0.872. The van der Waals surface area contributed by atoms with Gasteiger partial charge in [0.1, 0.15) is 0 Å². The molecule has 0 aliphatic heterocycles. The summed E-state index contributed by atoms with van der Waals surface area (Å²) in [5.41, 5.74) is 2.71. The van der Waals surface area contributed by atoms with Crippen molar-refractivity contribution in [2.24, 2.45) is 5.41 Å². The zero-order chi connectivity index (χ0) is 15.2. The van der Waals surface area contributed by atoms with Crippen molar-refractivity contribution in [2.45, 2.75) is 33.6 Å². The number of nitrogens with one attached hydrogen (secondary N) is 1. The topological polar surface area (TPSA) is 59.1 Å². The number of carbonyl (C=O) groups is 2. The molecule has 1 aliphatic rings. The fourth-order valence-electron chi connectivity index (χ4n) is 3.04. The zero-order valence-electron chi connectivity index (χ0n) is 12.5. The van der Waals surface area contributed by atoms with Crippen molar-refractivity contribution in [3.63, 3.8) is 0 Å². The number of nitrogens with zero attached hydrogens (tertiary/aromatic N) is 1. The number of hydrogen-bond acceptors (Lipinski definition) is 3. The first-order chi connectivity index (χ1) is 9.87. The fourth-order valence-corrected chi connectivity index (χ4v) is 3.04. The van der Waals surface area contributed by atoms with Gasteiger partial charge in [0.15, 0.2) is 5.78 Å². The summed E-state index contributed by atoms with van der Waals surface area (Å²) in [6.45, 7) is 5.60.